The average Bonchev–Trinajstić information content (AvgIpc) is 2.76. The van der Waals surface area contributed by atoms with E-state index in [1.54, 1.807) is 6.92 Å². The maximum atomic E-state index is 14.1. The van der Waals surface area contributed by atoms with Crippen LogP contribution in [0.3, 0.4) is 0 Å². The van der Waals surface area contributed by atoms with Crippen molar-refractivity contribution >= 4 is 11.4 Å². The first-order valence-electron chi connectivity index (χ1n) is 6.78. The van der Waals surface area contributed by atoms with E-state index in [9.17, 15) is 22.4 Å². The van der Waals surface area contributed by atoms with Gasteiger partial charge < -0.3 is 14.4 Å². The molecule has 1 atom stereocenters. The van der Waals surface area contributed by atoms with E-state index in [1.807, 2.05) is 0 Å². The molecule has 1 aromatic carbocycles. The summed E-state index contributed by atoms with van der Waals surface area (Å²) in [5.41, 5.74) is -1.78. The van der Waals surface area contributed by atoms with Gasteiger partial charge in [0.1, 0.15) is 5.82 Å². The molecule has 0 saturated heterocycles. The Morgan fingerprint density at radius 3 is 2.48 bits per heavy atom. The van der Waals surface area contributed by atoms with Crippen molar-refractivity contribution in [2.45, 2.75) is 19.4 Å². The molecule has 8 heteroatoms. The highest BCUT2D eigenvalue weighted by molar-refractivity contribution is 6.24. The highest BCUT2D eigenvalue weighted by Gasteiger charge is 2.40. The van der Waals surface area contributed by atoms with Gasteiger partial charge >= 0.3 is 6.18 Å². The van der Waals surface area contributed by atoms with Gasteiger partial charge in [-0.1, -0.05) is 0 Å². The van der Waals surface area contributed by atoms with Gasteiger partial charge in [0.25, 0.3) is 6.29 Å². The van der Waals surface area contributed by atoms with Crippen molar-refractivity contribution in [3.8, 4) is 0 Å². The third-order valence-electron chi connectivity index (χ3n) is 3.18. The summed E-state index contributed by atoms with van der Waals surface area (Å²) in [4.78, 5) is 13.7. The van der Waals surface area contributed by atoms with E-state index in [0.717, 1.165) is 0 Å². The van der Waals surface area contributed by atoms with Gasteiger partial charge in [-0.15, -0.1) is 0 Å². The normalized spacial score (nSPS) is 18.4. The van der Waals surface area contributed by atoms with E-state index in [0.29, 0.717) is 18.2 Å². The van der Waals surface area contributed by atoms with E-state index in [2.05, 4.69) is 0 Å². The number of carbonyl (C=O) groups is 1. The first kappa shape index (κ1) is 17.3. The SMILES string of the molecule is CCOC1OC(N(C)C)=C(c2cc(C(F)(F)F)ccc2F)C1=O. The van der Waals surface area contributed by atoms with E-state index in [-0.39, 0.29) is 18.1 Å². The molecule has 126 valence electrons. The Balaban J connectivity index is 2.57. The molecule has 0 bridgehead atoms. The van der Waals surface area contributed by atoms with Crippen LogP contribution in [0.5, 0.6) is 0 Å². The second kappa shape index (κ2) is 6.19. The highest BCUT2D eigenvalue weighted by atomic mass is 19.4. The average molecular weight is 333 g/mol. The Morgan fingerprint density at radius 2 is 1.96 bits per heavy atom. The van der Waals surface area contributed by atoms with Crippen LogP contribution in [-0.4, -0.2) is 37.7 Å². The molecule has 23 heavy (non-hydrogen) atoms. The summed E-state index contributed by atoms with van der Waals surface area (Å²) in [5, 5.41) is 0. The number of hydrogen-bond acceptors (Lipinski definition) is 4. The summed E-state index contributed by atoms with van der Waals surface area (Å²) in [7, 11) is 3.06. The van der Waals surface area contributed by atoms with Crippen molar-refractivity contribution in [1.29, 1.82) is 0 Å². The number of carbonyl (C=O) groups excluding carboxylic acids is 1. The van der Waals surface area contributed by atoms with Gasteiger partial charge in [-0.05, 0) is 25.1 Å². The molecule has 0 aliphatic carbocycles. The van der Waals surface area contributed by atoms with Crippen LogP contribution in [0.15, 0.2) is 24.1 Å². The lowest BCUT2D eigenvalue weighted by molar-refractivity contribution is -0.150. The molecule has 0 spiro atoms. The maximum absolute atomic E-state index is 14.1. The third-order valence-corrected chi connectivity index (χ3v) is 3.18. The fourth-order valence-corrected chi connectivity index (χ4v) is 2.17. The molecule has 0 fully saturated rings. The van der Waals surface area contributed by atoms with Crippen LogP contribution in [0.2, 0.25) is 0 Å². The molecule has 1 aliphatic rings. The fourth-order valence-electron chi connectivity index (χ4n) is 2.17. The number of benzene rings is 1. The molecule has 0 radical (unpaired) electrons. The minimum Gasteiger partial charge on any atom is -0.441 e. The van der Waals surface area contributed by atoms with Crippen LogP contribution in [0.1, 0.15) is 18.1 Å². The first-order chi connectivity index (χ1) is 10.7. The monoisotopic (exact) mass is 333 g/mol. The van der Waals surface area contributed by atoms with E-state index >= 15 is 0 Å². The zero-order chi connectivity index (χ0) is 17.4. The lowest BCUT2D eigenvalue weighted by Gasteiger charge is -2.17. The molecule has 1 unspecified atom stereocenters. The molecule has 2 rings (SSSR count). The second-order valence-corrected chi connectivity index (χ2v) is 5.04. The topological polar surface area (TPSA) is 38.8 Å². The largest absolute Gasteiger partial charge is 0.441 e. The Hall–Kier alpha value is -2.09. The minimum absolute atomic E-state index is 0.0355. The molecular weight excluding hydrogens is 318 g/mol. The molecule has 0 aromatic heterocycles. The van der Waals surface area contributed by atoms with Crippen LogP contribution in [-0.2, 0) is 20.4 Å². The zero-order valence-corrected chi connectivity index (χ0v) is 12.7. The van der Waals surface area contributed by atoms with Gasteiger partial charge in [-0.25, -0.2) is 4.39 Å². The van der Waals surface area contributed by atoms with Gasteiger partial charge in [0.2, 0.25) is 11.7 Å². The number of hydrogen-bond donors (Lipinski definition) is 0. The number of ketones is 1. The van der Waals surface area contributed by atoms with Crippen molar-refractivity contribution in [3.63, 3.8) is 0 Å². The van der Waals surface area contributed by atoms with Crippen molar-refractivity contribution < 1.29 is 31.8 Å². The van der Waals surface area contributed by atoms with Crippen molar-refractivity contribution in [2.75, 3.05) is 20.7 Å². The number of nitrogens with zero attached hydrogens (tertiary/aromatic N) is 1. The minimum atomic E-state index is -4.65. The third kappa shape index (κ3) is 3.31. The van der Waals surface area contributed by atoms with Gasteiger partial charge in [0.15, 0.2) is 0 Å². The number of halogens is 4. The molecule has 0 amide bonds. The van der Waals surface area contributed by atoms with Crippen molar-refractivity contribution in [1.82, 2.24) is 4.90 Å². The summed E-state index contributed by atoms with van der Waals surface area (Å²) in [6.45, 7) is 1.80. The predicted octanol–water partition coefficient (Wildman–Crippen LogP) is 3.04. The second-order valence-electron chi connectivity index (χ2n) is 5.04. The van der Waals surface area contributed by atoms with E-state index < -0.39 is 35.2 Å². The van der Waals surface area contributed by atoms with E-state index in [4.69, 9.17) is 9.47 Å². The lowest BCUT2D eigenvalue weighted by Crippen LogP contribution is -2.22. The Morgan fingerprint density at radius 1 is 1.30 bits per heavy atom. The standard InChI is InChI=1S/C15H15F4NO3/c1-4-22-14-12(21)11(13(23-14)20(2)3)9-7-8(15(17,18)19)5-6-10(9)16/h5-7,14H,4H2,1-3H3. The molecule has 4 nitrogen and oxygen atoms in total. The van der Waals surface area contributed by atoms with Gasteiger partial charge in [-0.3, -0.25) is 4.79 Å². The van der Waals surface area contributed by atoms with Crippen molar-refractivity contribution in [2.24, 2.45) is 0 Å². The maximum Gasteiger partial charge on any atom is 0.416 e. The van der Waals surface area contributed by atoms with Crippen LogP contribution in [0, 0.1) is 5.82 Å². The van der Waals surface area contributed by atoms with Crippen LogP contribution < -0.4 is 0 Å². The first-order valence-corrected chi connectivity index (χ1v) is 6.78. The molecule has 1 aromatic rings. The van der Waals surface area contributed by atoms with Gasteiger partial charge in [0, 0.05) is 26.3 Å². The van der Waals surface area contributed by atoms with Gasteiger partial charge in [-0.2, -0.15) is 13.2 Å². The molecule has 0 N–H and O–H groups in total. The number of ether oxygens (including phenoxy) is 2. The van der Waals surface area contributed by atoms with Crippen LogP contribution in [0.4, 0.5) is 17.6 Å². The fraction of sp³-hybridized carbons (Fsp3) is 0.400. The zero-order valence-electron chi connectivity index (χ0n) is 12.7. The summed E-state index contributed by atoms with van der Waals surface area (Å²) in [6, 6.07) is 1.90. The molecule has 1 heterocycles. The van der Waals surface area contributed by atoms with E-state index in [1.165, 1.54) is 19.0 Å². The number of alkyl halides is 3. The Bertz CT molecular complexity index is 653. The Kier molecular flexibility index (Phi) is 4.65. The summed E-state index contributed by atoms with van der Waals surface area (Å²) in [5.74, 6) is -1.69. The van der Waals surface area contributed by atoms with Crippen molar-refractivity contribution in [3.05, 3.63) is 41.0 Å². The quantitative estimate of drug-likeness (QED) is 0.794. The summed E-state index contributed by atoms with van der Waals surface area (Å²) in [6.07, 6.45) is -5.94. The molecule has 1 aliphatic heterocycles. The predicted molar refractivity (Wildman–Crippen MR) is 73.5 cm³/mol. The smallest absolute Gasteiger partial charge is 0.416 e. The Labute approximate surface area is 130 Å². The van der Waals surface area contributed by atoms with Crippen LogP contribution in [0.25, 0.3) is 5.57 Å². The summed E-state index contributed by atoms with van der Waals surface area (Å²) >= 11 is 0. The van der Waals surface area contributed by atoms with Crippen LogP contribution >= 0.6 is 0 Å². The highest BCUT2D eigenvalue weighted by Crippen LogP contribution is 2.36. The number of Topliss-reactive ketones (excluding diaryl/α,β-unsaturated/α-hetero) is 1. The molecule has 0 saturated carbocycles. The summed E-state index contributed by atoms with van der Waals surface area (Å²) < 4.78 is 63.0. The lowest BCUT2D eigenvalue weighted by atomic mass is 9.99. The number of rotatable bonds is 4. The van der Waals surface area contributed by atoms with Gasteiger partial charge in [0.05, 0.1) is 11.1 Å². The molecular formula is C15H15F4NO3.